The van der Waals surface area contributed by atoms with Crippen LogP contribution in [0.15, 0.2) is 33.2 Å². The van der Waals surface area contributed by atoms with Gasteiger partial charge in [0.15, 0.2) is 23.3 Å². The summed E-state index contributed by atoms with van der Waals surface area (Å²) in [5, 5.41) is 5.58. The van der Waals surface area contributed by atoms with Crippen LogP contribution in [-0.4, -0.2) is 11.5 Å². The molecule has 0 aliphatic carbocycles. The molecular weight excluding hydrogens is 396 g/mol. The predicted molar refractivity (Wildman–Crippen MR) is 83.4 cm³/mol. The average molecular weight is 407 g/mol. The number of rotatable bonds is 4. The molecule has 1 aromatic carbocycles. The van der Waals surface area contributed by atoms with Crippen LogP contribution in [0.5, 0.6) is 0 Å². The monoisotopic (exact) mass is 405 g/mol. The Labute approximate surface area is 132 Å². The summed E-state index contributed by atoms with van der Waals surface area (Å²) >= 11 is 6.68. The van der Waals surface area contributed by atoms with Crippen molar-refractivity contribution in [3.63, 3.8) is 0 Å². The first-order chi connectivity index (χ1) is 9.51. The van der Waals surface area contributed by atoms with Gasteiger partial charge in [-0.2, -0.15) is 0 Å². The maximum absolute atomic E-state index is 13.8. The van der Waals surface area contributed by atoms with Gasteiger partial charge in [-0.25, -0.2) is 13.8 Å². The molecule has 106 valence electrons. The SMILES string of the molecule is CCNc1nc(Nc2cc(Br)ccc2Br)c(F)cc1F. The van der Waals surface area contributed by atoms with Gasteiger partial charge < -0.3 is 10.6 Å². The molecule has 0 atom stereocenters. The van der Waals surface area contributed by atoms with E-state index in [0.717, 1.165) is 15.0 Å². The molecule has 0 aliphatic rings. The first-order valence-electron chi connectivity index (χ1n) is 5.83. The number of anilines is 3. The lowest BCUT2D eigenvalue weighted by Crippen LogP contribution is -2.06. The van der Waals surface area contributed by atoms with Crippen LogP contribution >= 0.6 is 31.9 Å². The molecule has 20 heavy (non-hydrogen) atoms. The molecule has 0 spiro atoms. The quantitative estimate of drug-likeness (QED) is 0.744. The zero-order valence-corrected chi connectivity index (χ0v) is 13.6. The lowest BCUT2D eigenvalue weighted by molar-refractivity contribution is 0.579. The number of benzene rings is 1. The predicted octanol–water partition coefficient (Wildman–Crippen LogP) is 5.06. The Morgan fingerprint density at radius 3 is 2.50 bits per heavy atom. The highest BCUT2D eigenvalue weighted by molar-refractivity contribution is 9.11. The van der Waals surface area contributed by atoms with Gasteiger partial charge in [-0.1, -0.05) is 15.9 Å². The minimum Gasteiger partial charge on any atom is -0.368 e. The van der Waals surface area contributed by atoms with E-state index in [0.29, 0.717) is 12.2 Å². The molecule has 3 nitrogen and oxygen atoms in total. The standard InChI is InChI=1S/C13H11Br2F2N3/c1-2-18-12-9(16)6-10(17)13(20-12)19-11-5-7(14)3-4-8(11)15/h3-6H,2H2,1H3,(H2,18,19,20). The second kappa shape index (κ2) is 6.49. The Bertz CT molecular complexity index is 635. The van der Waals surface area contributed by atoms with Crippen molar-refractivity contribution >= 4 is 49.2 Å². The molecule has 7 heteroatoms. The van der Waals surface area contributed by atoms with Crippen molar-refractivity contribution in [2.75, 3.05) is 17.2 Å². The van der Waals surface area contributed by atoms with E-state index in [1.807, 2.05) is 13.0 Å². The molecule has 0 unspecified atom stereocenters. The number of nitrogens with one attached hydrogen (secondary N) is 2. The van der Waals surface area contributed by atoms with Gasteiger partial charge in [0.25, 0.3) is 0 Å². The first-order valence-corrected chi connectivity index (χ1v) is 7.42. The lowest BCUT2D eigenvalue weighted by atomic mass is 10.3. The Hall–Kier alpha value is -1.21. The fourth-order valence-corrected chi connectivity index (χ4v) is 2.27. The highest BCUT2D eigenvalue weighted by atomic mass is 79.9. The Morgan fingerprint density at radius 2 is 1.80 bits per heavy atom. The summed E-state index contributed by atoms with van der Waals surface area (Å²) in [5.41, 5.74) is 0.625. The fraction of sp³-hybridized carbons (Fsp3) is 0.154. The normalized spacial score (nSPS) is 10.4. The van der Waals surface area contributed by atoms with E-state index in [4.69, 9.17) is 0 Å². The van der Waals surface area contributed by atoms with Crippen LogP contribution in [0.1, 0.15) is 6.92 Å². The highest BCUT2D eigenvalue weighted by Gasteiger charge is 2.12. The summed E-state index contributed by atoms with van der Waals surface area (Å²) in [4.78, 5) is 3.92. The largest absolute Gasteiger partial charge is 0.368 e. The van der Waals surface area contributed by atoms with Crippen LogP contribution in [0.4, 0.5) is 26.1 Å². The third-order valence-electron chi connectivity index (χ3n) is 2.46. The van der Waals surface area contributed by atoms with Crippen LogP contribution < -0.4 is 10.6 Å². The molecule has 0 bridgehead atoms. The summed E-state index contributed by atoms with van der Waals surface area (Å²) in [6.45, 7) is 2.30. The van der Waals surface area contributed by atoms with Gasteiger partial charge >= 0.3 is 0 Å². The molecule has 0 aliphatic heterocycles. The fourth-order valence-electron chi connectivity index (χ4n) is 1.57. The molecule has 0 fully saturated rings. The number of hydrogen-bond donors (Lipinski definition) is 2. The minimum absolute atomic E-state index is 0.0162. The highest BCUT2D eigenvalue weighted by Crippen LogP contribution is 2.30. The maximum atomic E-state index is 13.8. The molecule has 0 saturated carbocycles. The molecule has 0 saturated heterocycles. The van der Waals surface area contributed by atoms with Gasteiger partial charge in [-0.05, 0) is 41.1 Å². The number of hydrogen-bond acceptors (Lipinski definition) is 3. The van der Waals surface area contributed by atoms with Crippen molar-refractivity contribution in [3.05, 3.63) is 44.8 Å². The van der Waals surface area contributed by atoms with E-state index >= 15 is 0 Å². The summed E-state index contributed by atoms with van der Waals surface area (Å²) in [6.07, 6.45) is 0. The Morgan fingerprint density at radius 1 is 1.10 bits per heavy atom. The molecule has 1 aromatic heterocycles. The second-order valence-electron chi connectivity index (χ2n) is 3.93. The van der Waals surface area contributed by atoms with Crippen molar-refractivity contribution in [1.82, 2.24) is 4.98 Å². The lowest BCUT2D eigenvalue weighted by Gasteiger charge is -2.12. The molecule has 2 aromatic rings. The zero-order chi connectivity index (χ0) is 14.7. The van der Waals surface area contributed by atoms with E-state index in [-0.39, 0.29) is 11.6 Å². The summed E-state index contributed by atoms with van der Waals surface area (Å²) in [7, 11) is 0. The third-order valence-corrected chi connectivity index (χ3v) is 3.64. The van der Waals surface area contributed by atoms with Gasteiger partial charge in [-0.15, -0.1) is 0 Å². The van der Waals surface area contributed by atoms with Crippen LogP contribution in [0, 0.1) is 11.6 Å². The van der Waals surface area contributed by atoms with Crippen molar-refractivity contribution in [2.24, 2.45) is 0 Å². The summed E-state index contributed by atoms with van der Waals surface area (Å²) in [6, 6.07) is 6.22. The molecule has 1 heterocycles. The van der Waals surface area contributed by atoms with Gasteiger partial charge in [0.05, 0.1) is 5.69 Å². The molecular formula is C13H11Br2F2N3. The van der Waals surface area contributed by atoms with Crippen molar-refractivity contribution in [3.8, 4) is 0 Å². The van der Waals surface area contributed by atoms with Crippen molar-refractivity contribution < 1.29 is 8.78 Å². The Balaban J connectivity index is 2.37. The van der Waals surface area contributed by atoms with Crippen molar-refractivity contribution in [1.29, 1.82) is 0 Å². The number of pyridine rings is 1. The van der Waals surface area contributed by atoms with E-state index in [9.17, 15) is 8.78 Å². The third kappa shape index (κ3) is 3.46. The van der Waals surface area contributed by atoms with Gasteiger partial charge in [-0.3, -0.25) is 0 Å². The smallest absolute Gasteiger partial charge is 0.169 e. The van der Waals surface area contributed by atoms with Crippen molar-refractivity contribution in [2.45, 2.75) is 6.92 Å². The molecule has 0 amide bonds. The maximum Gasteiger partial charge on any atom is 0.169 e. The van der Waals surface area contributed by atoms with Crippen LogP contribution in [-0.2, 0) is 0 Å². The van der Waals surface area contributed by atoms with Crippen LogP contribution in [0.3, 0.4) is 0 Å². The molecule has 2 rings (SSSR count). The minimum atomic E-state index is -0.754. The second-order valence-corrected chi connectivity index (χ2v) is 5.70. The van der Waals surface area contributed by atoms with Gasteiger partial charge in [0, 0.05) is 21.6 Å². The van der Waals surface area contributed by atoms with Gasteiger partial charge in [0.1, 0.15) is 0 Å². The average Bonchev–Trinajstić information content (AvgIpc) is 2.39. The first kappa shape index (κ1) is 15.2. The van der Waals surface area contributed by atoms with E-state index in [2.05, 4.69) is 47.5 Å². The van der Waals surface area contributed by atoms with E-state index in [1.165, 1.54) is 0 Å². The number of nitrogens with zero attached hydrogens (tertiary/aromatic N) is 1. The molecule has 2 N–H and O–H groups in total. The molecule has 0 radical (unpaired) electrons. The van der Waals surface area contributed by atoms with E-state index < -0.39 is 11.6 Å². The summed E-state index contributed by atoms with van der Waals surface area (Å²) in [5.74, 6) is -1.50. The van der Waals surface area contributed by atoms with Crippen LogP contribution in [0.25, 0.3) is 0 Å². The number of halogens is 4. The Kier molecular flexibility index (Phi) is 4.93. The van der Waals surface area contributed by atoms with Gasteiger partial charge in [0.2, 0.25) is 0 Å². The number of aromatic nitrogens is 1. The van der Waals surface area contributed by atoms with Crippen LogP contribution in [0.2, 0.25) is 0 Å². The van der Waals surface area contributed by atoms with E-state index in [1.54, 1.807) is 12.1 Å². The zero-order valence-electron chi connectivity index (χ0n) is 10.5. The summed E-state index contributed by atoms with van der Waals surface area (Å²) < 4.78 is 28.8. The topological polar surface area (TPSA) is 37.0 Å².